The highest BCUT2D eigenvalue weighted by molar-refractivity contribution is 6.33. The predicted molar refractivity (Wildman–Crippen MR) is 534 cm³/mol. The Morgan fingerprint density at radius 3 is 1.38 bits per heavy atom. The molecule has 0 radical (unpaired) electrons. The number of methoxy groups -OCH3 is 4. The quantitative estimate of drug-likeness (QED) is 0.0269. The minimum atomic E-state index is -0.585. The van der Waals surface area contributed by atoms with E-state index in [0.717, 1.165) is 88.9 Å². The van der Waals surface area contributed by atoms with Crippen molar-refractivity contribution in [1.82, 2.24) is 75.8 Å². The Balaban J connectivity index is 0.000000175. The third kappa shape index (κ3) is 27.1. The number of ether oxygens (including phenoxy) is 9. The first-order chi connectivity index (χ1) is 64.9. The van der Waals surface area contributed by atoms with Crippen molar-refractivity contribution in [3.8, 4) is 46.0 Å². The number of Topliss-reactive ketones (excluding diaryl/α,β-unsaturated/α-hetero) is 2. The Labute approximate surface area is 811 Å². The van der Waals surface area contributed by atoms with Gasteiger partial charge in [0.25, 0.3) is 0 Å². The Morgan fingerprint density at radius 2 is 0.934 bits per heavy atom. The largest absolute Gasteiger partial charge is 0.493 e. The van der Waals surface area contributed by atoms with E-state index < -0.39 is 11.7 Å². The summed E-state index contributed by atoms with van der Waals surface area (Å²) in [6, 6.07) is 28.9. The van der Waals surface area contributed by atoms with Gasteiger partial charge in [-0.3, -0.25) is 33.9 Å². The number of carbonyl (C=O) groups is 5. The summed E-state index contributed by atoms with van der Waals surface area (Å²) < 4.78 is 50.7. The standard InChI is InChI=1S/C29H38ClN5O5.C24H30ClN5O3.C23H26ClN5O3.C22H24ClN5O3/c1-17-11-20(15-35(7)18(2)19(3)36)23(13-22(17)30)34-27-21-12-26(25(38-8)14-24(21)32-16-33-27)39-10-9-31-28(37)40-29(4,5)6;1-14-8-17(12-30(4)15(2)16(3)31)20(10-19(14)25)29-24-18-9-23(33-7-6-26)22(32-5)11-21(18)27-13-28-24;1-13-7-15-11-29(3)14(2)23(30)25-5-6-32-21-8-16-19(10-20(21)31-4)26-12-27-22(16)28-18(15)9-17(13)24;1-12-6-14-10-25-13(2)22(29)24-4-5-31-20-7-15-18(9-19(20)30-3)26-11-27-21(15)28-17(14)8-16(12)23/h11-14,16,18H,9-10,15H2,1-8H3,(H,31,37)(H,32,33,34);8-11,13,15H,6-7,12,26H2,1-5H3,(H,27,28,29);7-10,12,14H,5-6,11H2,1-4H3,(H,25,30)(H,26,27,28);6-9,11,13,25H,4-5,10H2,1-3H3,(H,24,29)(H,26,27,28). The number of hydrogen-bond acceptors (Lipinski definition) is 31. The molecular weight excluding hydrogens is 1820 g/mol. The Hall–Kier alpha value is -12.8. The molecule has 38 heteroatoms. The molecule has 0 fully saturated rings. The fraction of sp³-hybridized carbons (Fsp3) is 0.378. The van der Waals surface area contributed by atoms with Gasteiger partial charge in [0.2, 0.25) is 11.8 Å². The van der Waals surface area contributed by atoms with Crippen LogP contribution in [0.25, 0.3) is 43.6 Å². The van der Waals surface area contributed by atoms with E-state index in [0.29, 0.717) is 177 Å². The Morgan fingerprint density at radius 1 is 0.529 bits per heavy atom. The molecule has 8 aromatic carbocycles. The average Bonchev–Trinajstić information content (AvgIpc) is 0.797. The summed E-state index contributed by atoms with van der Waals surface area (Å²) in [6.07, 6.45) is 5.44. The molecule has 0 spiro atoms. The number of carbonyl (C=O) groups excluding carboxylic acids is 5. The minimum absolute atomic E-state index is 0.0669. The number of fused-ring (bicyclic) bond motifs is 6. The molecule has 4 atom stereocenters. The molecule has 4 unspecified atom stereocenters. The number of rotatable bonds is 23. The second-order valence-electron chi connectivity index (χ2n) is 33.8. The summed E-state index contributed by atoms with van der Waals surface area (Å²) in [5, 5.41) is 30.9. The van der Waals surface area contributed by atoms with Crippen molar-refractivity contribution in [2.75, 3.05) is 123 Å². The first-order valence-electron chi connectivity index (χ1n) is 44.0. The van der Waals surface area contributed by atoms with Gasteiger partial charge in [0, 0.05) is 121 Å². The number of amides is 3. The van der Waals surface area contributed by atoms with E-state index in [1.54, 1.807) is 87.3 Å². The highest BCUT2D eigenvalue weighted by Gasteiger charge is 2.27. The SMILES string of the molecule is COc1cc2ncnc(Nc3cc(Cl)c(C)cc3CN(C)C(C)C(C)=O)c2cc1OCCN.COc1cc2ncnc(Nc3cc(Cl)c(C)cc3CN(C)C(C)C(C)=O)c2cc1OCCNC(=O)OC(C)(C)C.COc1cc2ncnc3c2cc1OCCNC(=O)C(C)N(C)Cc1cc(C)c(Cl)cc1N3.COc1cc2ncnc3c2cc1OCCNC(=O)C(C)NCc1cc(C)c(Cl)cc1N3. The number of nitrogens with zero attached hydrogens (tertiary/aromatic N) is 11. The summed E-state index contributed by atoms with van der Waals surface area (Å²) in [6.45, 7) is 28.5. The first-order valence-corrected chi connectivity index (χ1v) is 45.5. The normalized spacial score (nSPS) is 14.6. The van der Waals surface area contributed by atoms with Gasteiger partial charge in [-0.05, 0) is 204 Å². The van der Waals surface area contributed by atoms with Gasteiger partial charge in [-0.15, -0.1) is 0 Å². The van der Waals surface area contributed by atoms with Gasteiger partial charge in [0.15, 0.2) is 46.0 Å². The number of aryl methyl sites for hydroxylation is 4. The molecule has 136 heavy (non-hydrogen) atoms. The van der Waals surface area contributed by atoms with Crippen LogP contribution < -0.4 is 86.2 Å². The Kier molecular flexibility index (Phi) is 36.3. The number of anilines is 8. The highest BCUT2D eigenvalue weighted by Crippen LogP contribution is 2.43. The number of benzene rings is 8. The van der Waals surface area contributed by atoms with Crippen LogP contribution in [0.2, 0.25) is 20.1 Å². The van der Waals surface area contributed by atoms with Gasteiger partial charge in [-0.25, -0.2) is 44.7 Å². The van der Waals surface area contributed by atoms with Crippen molar-refractivity contribution in [3.63, 3.8) is 0 Å². The van der Waals surface area contributed by atoms with Crippen LogP contribution in [-0.4, -0.2) is 216 Å². The third-order valence-corrected chi connectivity index (χ3v) is 24.4. The molecule has 0 aliphatic carbocycles. The molecule has 12 aromatic rings. The number of alkyl carbamates (subject to hydrolysis) is 1. The highest BCUT2D eigenvalue weighted by atomic mass is 35.5. The second-order valence-corrected chi connectivity index (χ2v) is 35.4. The topological polar surface area (TPSA) is 404 Å². The zero-order valence-electron chi connectivity index (χ0n) is 80.1. The fourth-order valence-electron chi connectivity index (χ4n) is 14.4. The van der Waals surface area contributed by atoms with Crippen LogP contribution in [-0.2, 0) is 50.1 Å². The van der Waals surface area contributed by atoms with Gasteiger partial charge in [0.1, 0.15) is 92.2 Å². The van der Waals surface area contributed by atoms with E-state index in [4.69, 9.17) is 94.8 Å². The third-order valence-electron chi connectivity index (χ3n) is 22.7. The van der Waals surface area contributed by atoms with Crippen molar-refractivity contribution in [1.29, 1.82) is 0 Å². The van der Waals surface area contributed by atoms with Crippen LogP contribution in [0.3, 0.4) is 0 Å². The number of nitrogens with one attached hydrogen (secondary N) is 8. The zero-order valence-corrected chi connectivity index (χ0v) is 83.1. The number of hydrogen-bond donors (Lipinski definition) is 9. The molecule has 6 heterocycles. The Bertz CT molecular complexity index is 6340. The molecule has 10 N–H and O–H groups in total. The summed E-state index contributed by atoms with van der Waals surface area (Å²) in [5.74, 6) is 6.74. The lowest BCUT2D eigenvalue weighted by Crippen LogP contribution is -2.44. The van der Waals surface area contributed by atoms with Crippen LogP contribution in [0.5, 0.6) is 46.0 Å². The van der Waals surface area contributed by atoms with Crippen molar-refractivity contribution in [2.24, 2.45) is 5.73 Å². The maximum Gasteiger partial charge on any atom is 0.407 e. The number of nitrogens with two attached hydrogens (primary N) is 1. The predicted octanol–water partition coefficient (Wildman–Crippen LogP) is 16.8. The minimum Gasteiger partial charge on any atom is -0.493 e. The molecule has 4 bridgehead atoms. The summed E-state index contributed by atoms with van der Waals surface area (Å²) in [7, 11) is 12.0. The van der Waals surface area contributed by atoms with E-state index in [1.165, 1.54) is 25.3 Å². The number of likely N-dealkylation sites (N-methyl/N-ethyl adjacent to an activating group) is 3. The lowest BCUT2D eigenvalue weighted by atomic mass is 10.1. The van der Waals surface area contributed by atoms with E-state index in [-0.39, 0.29) is 60.7 Å². The van der Waals surface area contributed by atoms with Gasteiger partial charge < -0.3 is 90.9 Å². The molecule has 4 aromatic heterocycles. The summed E-state index contributed by atoms with van der Waals surface area (Å²) in [5.41, 5.74) is 18.7. The fourth-order valence-corrected chi connectivity index (χ4v) is 15.0. The van der Waals surface area contributed by atoms with Crippen LogP contribution in [0.4, 0.5) is 50.8 Å². The smallest absolute Gasteiger partial charge is 0.407 e. The van der Waals surface area contributed by atoms with Gasteiger partial charge in [0.05, 0.1) is 94.3 Å². The number of aromatic nitrogens is 8. The average molecular weight is 1940 g/mol. The lowest BCUT2D eigenvalue weighted by molar-refractivity contribution is -0.126. The molecular formula is C98H118Cl4N20O14. The first kappa shape index (κ1) is 104. The van der Waals surface area contributed by atoms with E-state index in [9.17, 15) is 24.0 Å². The van der Waals surface area contributed by atoms with Crippen molar-refractivity contribution < 1.29 is 66.6 Å². The number of ketones is 2. The van der Waals surface area contributed by atoms with Crippen molar-refractivity contribution in [3.05, 3.63) is 187 Å². The molecule has 722 valence electrons. The maximum absolute atomic E-state index is 12.6. The van der Waals surface area contributed by atoms with Gasteiger partial charge >= 0.3 is 6.09 Å². The second kappa shape index (κ2) is 47.6. The monoisotopic (exact) mass is 1940 g/mol. The molecule has 34 nitrogen and oxygen atoms in total. The molecule has 3 amide bonds. The van der Waals surface area contributed by atoms with Crippen LogP contribution in [0.15, 0.2) is 122 Å². The van der Waals surface area contributed by atoms with Crippen LogP contribution in [0.1, 0.15) is 107 Å². The van der Waals surface area contributed by atoms with Crippen molar-refractivity contribution in [2.45, 2.75) is 146 Å². The van der Waals surface area contributed by atoms with Crippen LogP contribution >= 0.6 is 46.4 Å². The molecule has 2 aliphatic heterocycles. The van der Waals surface area contributed by atoms with Crippen LogP contribution in [0, 0.1) is 27.7 Å². The molecule has 0 saturated heterocycles. The summed E-state index contributed by atoms with van der Waals surface area (Å²) >= 11 is 25.8. The summed E-state index contributed by atoms with van der Waals surface area (Å²) in [4.78, 5) is 102. The number of halogens is 4. The van der Waals surface area contributed by atoms with Gasteiger partial charge in [-0.1, -0.05) is 70.7 Å². The maximum atomic E-state index is 12.6. The van der Waals surface area contributed by atoms with E-state index in [2.05, 4.69) is 82.4 Å². The molecule has 0 saturated carbocycles. The van der Waals surface area contributed by atoms with E-state index in [1.807, 2.05) is 164 Å². The molecule has 14 rings (SSSR count). The molecule has 2 aliphatic rings. The van der Waals surface area contributed by atoms with Gasteiger partial charge in [-0.2, -0.15) is 0 Å². The van der Waals surface area contributed by atoms with Crippen molar-refractivity contribution >= 4 is 166 Å². The van der Waals surface area contributed by atoms with E-state index >= 15 is 0 Å². The zero-order chi connectivity index (χ0) is 98.5. The lowest BCUT2D eigenvalue weighted by Gasteiger charge is -2.25.